The van der Waals surface area contributed by atoms with Crippen LogP contribution in [0.4, 0.5) is 20.3 Å². The molecule has 1 aliphatic rings. The topological polar surface area (TPSA) is 67.3 Å². The molecule has 1 saturated heterocycles. The molecule has 0 bridgehead atoms. The van der Waals surface area contributed by atoms with Gasteiger partial charge in [-0.1, -0.05) is 6.58 Å². The lowest BCUT2D eigenvalue weighted by Gasteiger charge is -2.29. The Hall–Kier alpha value is -3.98. The lowest BCUT2D eigenvalue weighted by Crippen LogP contribution is -2.36. The van der Waals surface area contributed by atoms with Crippen molar-refractivity contribution in [1.82, 2.24) is 19.9 Å². The van der Waals surface area contributed by atoms with E-state index in [0.717, 1.165) is 30.4 Å². The first kappa shape index (κ1) is 23.7. The summed E-state index contributed by atoms with van der Waals surface area (Å²) >= 11 is 0. The normalized spacial score (nSPS) is 13.7. The Labute approximate surface area is 208 Å². The van der Waals surface area contributed by atoms with Crippen molar-refractivity contribution in [2.24, 2.45) is 0 Å². The lowest BCUT2D eigenvalue weighted by atomic mass is 9.99. The first-order valence-corrected chi connectivity index (χ1v) is 11.7. The molecule has 3 heterocycles. The summed E-state index contributed by atoms with van der Waals surface area (Å²) in [6.07, 6.45) is 4.66. The van der Waals surface area contributed by atoms with E-state index in [4.69, 9.17) is 4.74 Å². The van der Waals surface area contributed by atoms with Crippen LogP contribution in [0.25, 0.3) is 22.2 Å². The van der Waals surface area contributed by atoms with Gasteiger partial charge in [0.05, 0.1) is 30.1 Å². The van der Waals surface area contributed by atoms with Crippen molar-refractivity contribution < 1.29 is 13.5 Å². The van der Waals surface area contributed by atoms with Crippen molar-refractivity contribution >= 4 is 22.4 Å². The van der Waals surface area contributed by atoms with E-state index in [1.165, 1.54) is 18.7 Å². The zero-order chi connectivity index (χ0) is 25.2. The van der Waals surface area contributed by atoms with Crippen LogP contribution >= 0.6 is 0 Å². The fraction of sp³-hybridized carbons (Fsp3) is 0.259. The Balaban J connectivity index is 1.54. The van der Waals surface area contributed by atoms with Gasteiger partial charge in [0.1, 0.15) is 30.1 Å². The monoisotopic (exact) mass is 488 g/mol. The molecule has 1 fully saturated rings. The summed E-state index contributed by atoms with van der Waals surface area (Å²) in [6, 6.07) is 8.26. The first-order chi connectivity index (χ1) is 17.5. The van der Waals surface area contributed by atoms with Crippen LogP contribution in [0.1, 0.15) is 16.8 Å². The van der Waals surface area contributed by atoms with Crippen molar-refractivity contribution in [1.29, 1.82) is 0 Å². The molecule has 0 aliphatic carbocycles. The highest BCUT2D eigenvalue weighted by Gasteiger charge is 2.19. The van der Waals surface area contributed by atoms with Crippen molar-refractivity contribution in [3.8, 4) is 11.3 Å². The Morgan fingerprint density at radius 1 is 1.03 bits per heavy atom. The summed E-state index contributed by atoms with van der Waals surface area (Å²) in [5, 5.41) is 0.694. The maximum Gasteiger partial charge on any atom is 0.138 e. The standard InChI is InChI=1S/C27H26F2N6O/c1-4-34(3)27-17(2)24(30-16-33-27)12-18-11-21(23(29)14-22(18)28)26-20-6-5-19(13-25(20)31-15-32-26)35-7-9-36-10-8-35/h4-6,11,13-16H,1,7-10,12H2,2-3H3. The molecule has 0 amide bonds. The molecule has 2 aromatic heterocycles. The number of hydrogen-bond donors (Lipinski definition) is 0. The Kier molecular flexibility index (Phi) is 6.56. The van der Waals surface area contributed by atoms with Crippen molar-refractivity contribution in [3.05, 3.63) is 84.2 Å². The number of hydrogen-bond acceptors (Lipinski definition) is 7. The van der Waals surface area contributed by atoms with E-state index in [0.29, 0.717) is 46.9 Å². The molecule has 0 atom stereocenters. The van der Waals surface area contributed by atoms with Gasteiger partial charge in [-0.3, -0.25) is 0 Å². The molecular weight excluding hydrogens is 462 g/mol. The summed E-state index contributed by atoms with van der Waals surface area (Å²) in [5.41, 5.74) is 4.11. The SMILES string of the molecule is C=CN(C)c1ncnc(Cc2cc(-c3ncnc4cc(N5CCOCC5)ccc34)c(F)cc2F)c1C. The summed E-state index contributed by atoms with van der Waals surface area (Å²) < 4.78 is 35.4. The van der Waals surface area contributed by atoms with Gasteiger partial charge in [-0.25, -0.2) is 28.7 Å². The zero-order valence-corrected chi connectivity index (χ0v) is 20.2. The number of nitrogens with zero attached hydrogens (tertiary/aromatic N) is 6. The number of ether oxygens (including phenoxy) is 1. The lowest BCUT2D eigenvalue weighted by molar-refractivity contribution is 0.122. The largest absolute Gasteiger partial charge is 0.378 e. The minimum atomic E-state index is -0.681. The second kappa shape index (κ2) is 9.94. The van der Waals surface area contributed by atoms with Crippen LogP contribution in [-0.2, 0) is 11.2 Å². The first-order valence-electron chi connectivity index (χ1n) is 11.7. The molecule has 0 spiro atoms. The molecule has 1 aliphatic heterocycles. The van der Waals surface area contributed by atoms with Crippen LogP contribution in [0.2, 0.25) is 0 Å². The van der Waals surface area contributed by atoms with Crippen molar-refractivity contribution in [2.75, 3.05) is 43.2 Å². The fourth-order valence-electron chi connectivity index (χ4n) is 4.47. The van der Waals surface area contributed by atoms with E-state index in [1.54, 1.807) is 11.1 Å². The number of rotatable bonds is 6. The summed E-state index contributed by atoms with van der Waals surface area (Å²) in [5.74, 6) is -0.642. The van der Waals surface area contributed by atoms with E-state index in [-0.39, 0.29) is 12.0 Å². The molecule has 7 nitrogen and oxygen atoms in total. The van der Waals surface area contributed by atoms with Crippen LogP contribution in [0.3, 0.4) is 0 Å². The molecule has 2 aromatic carbocycles. The van der Waals surface area contributed by atoms with Gasteiger partial charge < -0.3 is 14.5 Å². The fourth-order valence-corrected chi connectivity index (χ4v) is 4.47. The van der Waals surface area contributed by atoms with Gasteiger partial charge >= 0.3 is 0 Å². The molecule has 36 heavy (non-hydrogen) atoms. The minimum Gasteiger partial charge on any atom is -0.378 e. The highest BCUT2D eigenvalue weighted by Crippen LogP contribution is 2.32. The molecule has 184 valence electrons. The van der Waals surface area contributed by atoms with Crippen molar-refractivity contribution in [3.63, 3.8) is 0 Å². The second-order valence-electron chi connectivity index (χ2n) is 8.69. The number of morpholine rings is 1. The van der Waals surface area contributed by atoms with E-state index < -0.39 is 11.6 Å². The second-order valence-corrected chi connectivity index (χ2v) is 8.69. The van der Waals surface area contributed by atoms with Gasteiger partial charge in [0.25, 0.3) is 0 Å². The number of halogens is 2. The van der Waals surface area contributed by atoms with E-state index in [9.17, 15) is 4.39 Å². The summed E-state index contributed by atoms with van der Waals surface area (Å²) in [7, 11) is 1.83. The number of benzene rings is 2. The smallest absolute Gasteiger partial charge is 0.138 e. The maximum atomic E-state index is 15.1. The van der Waals surface area contributed by atoms with Gasteiger partial charge in [-0.05, 0) is 43.0 Å². The Morgan fingerprint density at radius 3 is 2.58 bits per heavy atom. The van der Waals surface area contributed by atoms with Crippen LogP contribution in [-0.4, -0.2) is 53.3 Å². The molecular formula is C27H26F2N6O. The Morgan fingerprint density at radius 2 is 1.81 bits per heavy atom. The molecule has 5 rings (SSSR count). The third-order valence-electron chi connectivity index (χ3n) is 6.52. The third-order valence-corrected chi connectivity index (χ3v) is 6.52. The summed E-state index contributed by atoms with van der Waals surface area (Å²) in [6.45, 7) is 8.58. The van der Waals surface area contributed by atoms with E-state index in [1.807, 2.05) is 32.2 Å². The molecule has 0 unspecified atom stereocenters. The quantitative estimate of drug-likeness (QED) is 0.390. The highest BCUT2D eigenvalue weighted by molar-refractivity contribution is 5.94. The van der Waals surface area contributed by atoms with Crippen LogP contribution < -0.4 is 9.80 Å². The van der Waals surface area contributed by atoms with E-state index >= 15 is 4.39 Å². The maximum absolute atomic E-state index is 15.1. The van der Waals surface area contributed by atoms with Crippen LogP contribution in [0.15, 0.2) is 55.8 Å². The van der Waals surface area contributed by atoms with Gasteiger partial charge in [0, 0.05) is 54.8 Å². The van der Waals surface area contributed by atoms with Crippen LogP contribution in [0.5, 0.6) is 0 Å². The van der Waals surface area contributed by atoms with Crippen LogP contribution in [0, 0.1) is 18.6 Å². The van der Waals surface area contributed by atoms with Gasteiger partial charge in [0.2, 0.25) is 0 Å². The molecule has 9 heteroatoms. The van der Waals surface area contributed by atoms with Gasteiger partial charge in [0.15, 0.2) is 0 Å². The minimum absolute atomic E-state index is 0.176. The molecule has 4 aromatic rings. The zero-order valence-electron chi connectivity index (χ0n) is 20.2. The highest BCUT2D eigenvalue weighted by atomic mass is 19.1. The predicted octanol–water partition coefficient (Wildman–Crippen LogP) is 4.68. The number of anilines is 2. The average molecular weight is 489 g/mol. The number of fused-ring (bicyclic) bond motifs is 1. The predicted molar refractivity (Wildman–Crippen MR) is 136 cm³/mol. The van der Waals surface area contributed by atoms with Gasteiger partial charge in [-0.2, -0.15) is 0 Å². The van der Waals surface area contributed by atoms with Crippen molar-refractivity contribution in [2.45, 2.75) is 13.3 Å². The molecule has 0 N–H and O–H groups in total. The molecule has 0 radical (unpaired) electrons. The Bertz CT molecular complexity index is 1440. The third kappa shape index (κ3) is 4.49. The average Bonchev–Trinajstić information content (AvgIpc) is 2.90. The van der Waals surface area contributed by atoms with E-state index in [2.05, 4.69) is 31.4 Å². The molecule has 0 saturated carbocycles. The summed E-state index contributed by atoms with van der Waals surface area (Å²) in [4.78, 5) is 21.4. The van der Waals surface area contributed by atoms with Gasteiger partial charge in [-0.15, -0.1) is 0 Å². The number of aromatic nitrogens is 4.